The first kappa shape index (κ1) is 18.7. The Hall–Kier alpha value is -1.61. The lowest BCUT2D eigenvalue weighted by molar-refractivity contribution is 0.629. The molecule has 7 heteroatoms. The number of aromatic amines is 1. The Balaban J connectivity index is 0.00000208. The van der Waals surface area contributed by atoms with E-state index in [1.807, 2.05) is 12.3 Å². The first-order chi connectivity index (χ1) is 11.3. The van der Waals surface area contributed by atoms with E-state index in [2.05, 4.69) is 37.4 Å². The zero-order chi connectivity index (χ0) is 16.1. The van der Waals surface area contributed by atoms with Gasteiger partial charge in [-0.3, -0.25) is 4.99 Å². The quantitative estimate of drug-likeness (QED) is 0.309. The van der Waals surface area contributed by atoms with Crippen LogP contribution in [-0.2, 0) is 13.0 Å². The number of nitrogens with zero attached hydrogens (tertiary/aromatic N) is 1. The van der Waals surface area contributed by atoms with Gasteiger partial charge in [0.1, 0.15) is 5.82 Å². The van der Waals surface area contributed by atoms with Crippen molar-refractivity contribution in [3.8, 4) is 0 Å². The van der Waals surface area contributed by atoms with Crippen molar-refractivity contribution in [2.24, 2.45) is 4.99 Å². The summed E-state index contributed by atoms with van der Waals surface area (Å²) in [6.07, 6.45) is 2.78. The second-order valence-electron chi connectivity index (χ2n) is 5.24. The lowest BCUT2D eigenvalue weighted by Crippen LogP contribution is -2.37. The maximum atomic E-state index is 13.2. The van der Waals surface area contributed by atoms with Gasteiger partial charge in [0.2, 0.25) is 0 Å². The fourth-order valence-electron chi connectivity index (χ4n) is 2.48. The van der Waals surface area contributed by atoms with Crippen molar-refractivity contribution >= 4 is 52.2 Å². The third kappa shape index (κ3) is 4.70. The molecular weight excluding hydrogens is 438 g/mol. The van der Waals surface area contributed by atoms with E-state index in [4.69, 9.17) is 0 Å². The maximum absolute atomic E-state index is 13.2. The van der Waals surface area contributed by atoms with Crippen molar-refractivity contribution in [3.05, 3.63) is 58.2 Å². The van der Waals surface area contributed by atoms with Gasteiger partial charge in [-0.25, -0.2) is 4.39 Å². The smallest absolute Gasteiger partial charge is 0.191 e. The predicted octanol–water partition coefficient (Wildman–Crippen LogP) is 3.89. The van der Waals surface area contributed by atoms with E-state index in [-0.39, 0.29) is 29.8 Å². The summed E-state index contributed by atoms with van der Waals surface area (Å²) in [7, 11) is 1.76. The molecule has 2 heterocycles. The van der Waals surface area contributed by atoms with Crippen molar-refractivity contribution in [3.63, 3.8) is 0 Å². The van der Waals surface area contributed by atoms with Gasteiger partial charge in [-0.15, -0.1) is 24.0 Å². The average molecular weight is 458 g/mol. The molecule has 0 saturated carbocycles. The van der Waals surface area contributed by atoms with Gasteiger partial charge >= 0.3 is 0 Å². The molecule has 128 valence electrons. The van der Waals surface area contributed by atoms with Gasteiger partial charge in [-0.1, -0.05) is 0 Å². The topological polar surface area (TPSA) is 52.2 Å². The van der Waals surface area contributed by atoms with Crippen molar-refractivity contribution in [2.45, 2.75) is 13.0 Å². The van der Waals surface area contributed by atoms with Crippen LogP contribution >= 0.6 is 35.3 Å². The largest absolute Gasteiger partial charge is 0.361 e. The maximum Gasteiger partial charge on any atom is 0.191 e. The number of H-pyrrole nitrogens is 1. The van der Waals surface area contributed by atoms with E-state index in [0.717, 1.165) is 36.4 Å². The molecule has 3 rings (SSSR count). The van der Waals surface area contributed by atoms with Gasteiger partial charge in [0.15, 0.2) is 5.96 Å². The van der Waals surface area contributed by atoms with E-state index in [1.54, 1.807) is 18.4 Å². The Morgan fingerprint density at radius 1 is 1.29 bits per heavy atom. The summed E-state index contributed by atoms with van der Waals surface area (Å²) in [5, 5.41) is 11.8. The molecule has 3 N–H and O–H groups in total. The van der Waals surface area contributed by atoms with Crippen molar-refractivity contribution in [2.75, 3.05) is 13.6 Å². The van der Waals surface area contributed by atoms with Gasteiger partial charge in [-0.05, 0) is 52.6 Å². The molecule has 0 spiro atoms. The van der Waals surface area contributed by atoms with Crippen LogP contribution in [0.15, 0.2) is 46.2 Å². The number of benzene rings is 1. The molecule has 2 aromatic heterocycles. The lowest BCUT2D eigenvalue weighted by atomic mass is 10.1. The molecular formula is C17H20FIN4S. The number of hydrogen-bond acceptors (Lipinski definition) is 2. The van der Waals surface area contributed by atoms with E-state index < -0.39 is 0 Å². The molecule has 0 aliphatic carbocycles. The van der Waals surface area contributed by atoms with Crippen LogP contribution in [0.25, 0.3) is 10.9 Å². The summed E-state index contributed by atoms with van der Waals surface area (Å²) in [4.78, 5) is 7.33. The van der Waals surface area contributed by atoms with Gasteiger partial charge < -0.3 is 15.6 Å². The van der Waals surface area contributed by atoms with Crippen LogP contribution in [0.2, 0.25) is 0 Å². The van der Waals surface area contributed by atoms with Crippen LogP contribution < -0.4 is 10.6 Å². The van der Waals surface area contributed by atoms with E-state index in [9.17, 15) is 4.39 Å². The molecule has 1 aromatic carbocycles. The van der Waals surface area contributed by atoms with Crippen molar-refractivity contribution < 1.29 is 4.39 Å². The summed E-state index contributed by atoms with van der Waals surface area (Å²) < 4.78 is 13.2. The molecule has 3 aromatic rings. The third-order valence-corrected chi connectivity index (χ3v) is 4.41. The van der Waals surface area contributed by atoms with Crippen LogP contribution in [0.4, 0.5) is 4.39 Å². The number of guanidine groups is 1. The van der Waals surface area contributed by atoms with Gasteiger partial charge in [0, 0.05) is 37.2 Å². The number of fused-ring (bicyclic) bond motifs is 1. The minimum atomic E-state index is -0.220. The van der Waals surface area contributed by atoms with E-state index >= 15 is 0 Å². The fraction of sp³-hybridized carbons (Fsp3) is 0.235. The van der Waals surface area contributed by atoms with E-state index in [1.165, 1.54) is 23.3 Å². The highest BCUT2D eigenvalue weighted by molar-refractivity contribution is 14.0. The number of aromatic nitrogens is 1. The summed E-state index contributed by atoms with van der Waals surface area (Å²) in [6, 6.07) is 6.93. The summed E-state index contributed by atoms with van der Waals surface area (Å²) in [6.45, 7) is 1.52. The highest BCUT2D eigenvalue weighted by Crippen LogP contribution is 2.19. The number of nitrogens with one attached hydrogen (secondary N) is 3. The number of hydrogen-bond donors (Lipinski definition) is 3. The Morgan fingerprint density at radius 2 is 2.17 bits per heavy atom. The van der Waals surface area contributed by atoms with Crippen molar-refractivity contribution in [1.82, 2.24) is 15.6 Å². The van der Waals surface area contributed by atoms with Crippen LogP contribution in [0.1, 0.15) is 11.1 Å². The Bertz CT molecular complexity index is 798. The van der Waals surface area contributed by atoms with E-state index in [0.29, 0.717) is 0 Å². The minimum absolute atomic E-state index is 0. The standard InChI is InChI=1S/C17H19FN4S.HI/c1-19-17(22-9-12-5-7-23-11-12)20-6-4-13-10-21-16-8-14(18)2-3-15(13)16;/h2-3,5,7-8,10-11,21H,4,6,9H2,1H3,(H2,19,20,22);1H. The fourth-order valence-corrected chi connectivity index (χ4v) is 3.15. The Labute approximate surface area is 161 Å². The highest BCUT2D eigenvalue weighted by atomic mass is 127. The monoisotopic (exact) mass is 458 g/mol. The molecule has 0 atom stereocenters. The normalized spacial score (nSPS) is 11.3. The third-order valence-electron chi connectivity index (χ3n) is 3.68. The van der Waals surface area contributed by atoms with Crippen LogP contribution in [-0.4, -0.2) is 24.5 Å². The minimum Gasteiger partial charge on any atom is -0.361 e. The second kappa shape index (κ2) is 9.03. The number of rotatable bonds is 5. The first-order valence-corrected chi connectivity index (χ1v) is 8.41. The average Bonchev–Trinajstić information content (AvgIpc) is 3.20. The Morgan fingerprint density at radius 3 is 2.92 bits per heavy atom. The molecule has 0 saturated heterocycles. The number of halogens is 2. The molecule has 0 radical (unpaired) electrons. The zero-order valence-corrected chi connectivity index (χ0v) is 16.5. The van der Waals surface area contributed by atoms with Crippen LogP contribution in [0.3, 0.4) is 0 Å². The number of thiophene rings is 1. The Kier molecular flexibility index (Phi) is 7.04. The van der Waals surface area contributed by atoms with Gasteiger partial charge in [0.25, 0.3) is 0 Å². The lowest BCUT2D eigenvalue weighted by Gasteiger charge is -2.11. The number of aliphatic imine (C=N–C) groups is 1. The predicted molar refractivity (Wildman–Crippen MR) is 110 cm³/mol. The zero-order valence-electron chi connectivity index (χ0n) is 13.3. The molecule has 0 bridgehead atoms. The molecule has 0 amide bonds. The SMILES string of the molecule is CN=C(NCCc1c[nH]c2cc(F)ccc12)NCc1ccsc1.I. The molecule has 24 heavy (non-hydrogen) atoms. The van der Waals surface area contributed by atoms with Gasteiger partial charge in [0.05, 0.1) is 0 Å². The first-order valence-electron chi connectivity index (χ1n) is 7.47. The van der Waals surface area contributed by atoms with Crippen LogP contribution in [0.5, 0.6) is 0 Å². The van der Waals surface area contributed by atoms with Crippen molar-refractivity contribution in [1.29, 1.82) is 0 Å². The molecule has 0 aliphatic heterocycles. The summed E-state index contributed by atoms with van der Waals surface area (Å²) in [5.41, 5.74) is 3.25. The summed E-state index contributed by atoms with van der Waals surface area (Å²) in [5.74, 6) is 0.559. The molecule has 0 fully saturated rings. The molecule has 0 aliphatic rings. The highest BCUT2D eigenvalue weighted by Gasteiger charge is 2.05. The molecule has 0 unspecified atom stereocenters. The second-order valence-corrected chi connectivity index (χ2v) is 6.02. The summed E-state index contributed by atoms with van der Waals surface area (Å²) >= 11 is 1.69. The molecule has 4 nitrogen and oxygen atoms in total. The van der Waals surface area contributed by atoms with Gasteiger partial charge in [-0.2, -0.15) is 11.3 Å². The van der Waals surface area contributed by atoms with Crippen LogP contribution in [0, 0.1) is 5.82 Å².